The normalized spacial score (nSPS) is 29.8. The van der Waals surface area contributed by atoms with Crippen LogP contribution in [-0.4, -0.2) is 6.04 Å². The smallest absolute Gasteiger partial charge is 0.0238 e. The first-order chi connectivity index (χ1) is 6.63. The van der Waals surface area contributed by atoms with Crippen LogP contribution < -0.4 is 11.3 Å². The largest absolute Gasteiger partial charge is 0.271 e. The predicted molar refractivity (Wildman–Crippen MR) is 61.7 cm³/mol. The summed E-state index contributed by atoms with van der Waals surface area (Å²) < 4.78 is 0. The van der Waals surface area contributed by atoms with Gasteiger partial charge in [0.2, 0.25) is 0 Å². The topological polar surface area (TPSA) is 38.0 Å². The monoisotopic (exact) mass is 198 g/mol. The molecule has 3 N–H and O–H groups in total. The molecule has 0 radical (unpaired) electrons. The lowest BCUT2D eigenvalue weighted by atomic mass is 9.91. The zero-order valence-electron chi connectivity index (χ0n) is 9.92. The van der Waals surface area contributed by atoms with Crippen LogP contribution >= 0.6 is 0 Å². The summed E-state index contributed by atoms with van der Waals surface area (Å²) in [5.41, 5.74) is 3.02. The van der Waals surface area contributed by atoms with Gasteiger partial charge in [-0.25, -0.2) is 0 Å². The summed E-state index contributed by atoms with van der Waals surface area (Å²) in [5.74, 6) is 8.17. The fourth-order valence-corrected chi connectivity index (χ4v) is 2.58. The summed E-state index contributed by atoms with van der Waals surface area (Å²) in [6.45, 7) is 6.92. The lowest BCUT2D eigenvalue weighted by Crippen LogP contribution is -2.40. The van der Waals surface area contributed by atoms with Gasteiger partial charge in [-0.3, -0.25) is 11.3 Å². The highest BCUT2D eigenvalue weighted by Crippen LogP contribution is 2.34. The quantitative estimate of drug-likeness (QED) is 0.526. The molecule has 1 fully saturated rings. The second-order valence-electron chi connectivity index (χ2n) is 5.42. The number of hydrazine groups is 1. The van der Waals surface area contributed by atoms with E-state index in [1.54, 1.807) is 0 Å². The van der Waals surface area contributed by atoms with Crippen LogP contribution in [0.25, 0.3) is 0 Å². The highest BCUT2D eigenvalue weighted by molar-refractivity contribution is 4.82. The van der Waals surface area contributed by atoms with Crippen molar-refractivity contribution in [1.82, 2.24) is 5.43 Å². The number of hydrogen-bond donors (Lipinski definition) is 2. The Morgan fingerprint density at radius 1 is 1.29 bits per heavy atom. The average molecular weight is 198 g/mol. The van der Waals surface area contributed by atoms with E-state index in [2.05, 4.69) is 26.2 Å². The van der Waals surface area contributed by atoms with E-state index in [9.17, 15) is 0 Å². The molecule has 14 heavy (non-hydrogen) atoms. The molecule has 1 rings (SSSR count). The number of nitrogens with two attached hydrogens (primary N) is 1. The number of nitrogens with one attached hydrogen (secondary N) is 1. The van der Waals surface area contributed by atoms with E-state index in [0.717, 1.165) is 17.8 Å². The van der Waals surface area contributed by atoms with Gasteiger partial charge in [0.15, 0.2) is 0 Å². The Balaban J connectivity index is 2.30. The molecule has 0 bridgehead atoms. The van der Waals surface area contributed by atoms with Gasteiger partial charge in [0.05, 0.1) is 0 Å². The lowest BCUT2D eigenvalue weighted by Gasteiger charge is -2.23. The molecule has 0 heterocycles. The lowest BCUT2D eigenvalue weighted by molar-refractivity contribution is 0.318. The first-order valence-electron chi connectivity index (χ1n) is 6.09. The molecule has 1 saturated carbocycles. The molecular weight excluding hydrogens is 172 g/mol. The van der Waals surface area contributed by atoms with E-state index in [-0.39, 0.29) is 0 Å². The highest BCUT2D eigenvalue weighted by Gasteiger charge is 2.27. The predicted octanol–water partition coefficient (Wildman–Crippen LogP) is 2.69. The van der Waals surface area contributed by atoms with Crippen molar-refractivity contribution in [3.05, 3.63) is 0 Å². The van der Waals surface area contributed by atoms with Crippen LogP contribution in [0.4, 0.5) is 0 Å². The van der Waals surface area contributed by atoms with Crippen LogP contribution in [0.5, 0.6) is 0 Å². The Morgan fingerprint density at radius 3 is 2.43 bits per heavy atom. The molecule has 2 nitrogen and oxygen atoms in total. The fraction of sp³-hybridized carbons (Fsp3) is 1.00. The van der Waals surface area contributed by atoms with Gasteiger partial charge in [-0.15, -0.1) is 0 Å². The van der Waals surface area contributed by atoms with E-state index >= 15 is 0 Å². The Kier molecular flexibility index (Phi) is 4.90. The first kappa shape index (κ1) is 12.0. The molecule has 0 aromatic heterocycles. The summed E-state index contributed by atoms with van der Waals surface area (Å²) in [5, 5.41) is 0. The summed E-state index contributed by atoms with van der Waals surface area (Å²) in [6, 6.07) is 0.558. The Labute approximate surface area is 88.6 Å². The minimum Gasteiger partial charge on any atom is -0.271 e. The zero-order chi connectivity index (χ0) is 10.6. The van der Waals surface area contributed by atoms with Gasteiger partial charge < -0.3 is 0 Å². The third kappa shape index (κ3) is 3.58. The molecule has 1 aliphatic rings. The van der Waals surface area contributed by atoms with Crippen molar-refractivity contribution in [2.24, 2.45) is 23.6 Å². The maximum absolute atomic E-state index is 5.63. The minimum atomic E-state index is 0.558. The van der Waals surface area contributed by atoms with Gasteiger partial charge in [-0.1, -0.05) is 27.2 Å². The van der Waals surface area contributed by atoms with Crippen molar-refractivity contribution in [2.45, 2.75) is 58.9 Å². The van der Waals surface area contributed by atoms with Crippen molar-refractivity contribution in [2.75, 3.05) is 0 Å². The van der Waals surface area contributed by atoms with Crippen LogP contribution in [-0.2, 0) is 0 Å². The molecule has 0 aromatic carbocycles. The van der Waals surface area contributed by atoms with E-state index in [1.165, 1.54) is 32.1 Å². The van der Waals surface area contributed by atoms with Crippen molar-refractivity contribution in [3.8, 4) is 0 Å². The van der Waals surface area contributed by atoms with Gasteiger partial charge in [0.25, 0.3) is 0 Å². The highest BCUT2D eigenvalue weighted by atomic mass is 15.2. The number of hydrogen-bond acceptors (Lipinski definition) is 2. The van der Waals surface area contributed by atoms with Crippen LogP contribution in [0, 0.1) is 17.8 Å². The molecule has 3 atom stereocenters. The third-order valence-corrected chi connectivity index (χ3v) is 3.57. The maximum Gasteiger partial charge on any atom is 0.0238 e. The zero-order valence-corrected chi connectivity index (χ0v) is 9.92. The molecule has 0 saturated heterocycles. The van der Waals surface area contributed by atoms with Crippen LogP contribution in [0.3, 0.4) is 0 Å². The van der Waals surface area contributed by atoms with Gasteiger partial charge >= 0.3 is 0 Å². The van der Waals surface area contributed by atoms with Gasteiger partial charge in [-0.2, -0.15) is 0 Å². The van der Waals surface area contributed by atoms with Crippen molar-refractivity contribution in [3.63, 3.8) is 0 Å². The first-order valence-corrected chi connectivity index (χ1v) is 6.09. The second-order valence-corrected chi connectivity index (χ2v) is 5.42. The maximum atomic E-state index is 5.63. The third-order valence-electron chi connectivity index (χ3n) is 3.57. The molecule has 1 aliphatic carbocycles. The second kappa shape index (κ2) is 5.72. The van der Waals surface area contributed by atoms with Crippen molar-refractivity contribution in [1.29, 1.82) is 0 Å². The van der Waals surface area contributed by atoms with Crippen molar-refractivity contribution >= 4 is 0 Å². The molecule has 0 amide bonds. The molecule has 3 unspecified atom stereocenters. The van der Waals surface area contributed by atoms with Gasteiger partial charge in [0, 0.05) is 6.04 Å². The Morgan fingerprint density at radius 2 is 2.00 bits per heavy atom. The Hall–Kier alpha value is -0.0800. The van der Waals surface area contributed by atoms with Gasteiger partial charge in [0.1, 0.15) is 0 Å². The SMILES string of the molecule is CC(C)CCC(NN)C1CCC(C)C1. The molecule has 84 valence electrons. The standard InChI is InChI=1S/C12H26N2/c1-9(2)4-7-12(14-13)11-6-5-10(3)8-11/h9-12,14H,4-8,13H2,1-3H3. The summed E-state index contributed by atoms with van der Waals surface area (Å²) in [7, 11) is 0. The van der Waals surface area contributed by atoms with Crippen molar-refractivity contribution < 1.29 is 0 Å². The van der Waals surface area contributed by atoms with E-state index in [0.29, 0.717) is 6.04 Å². The molecule has 2 heteroatoms. The fourth-order valence-electron chi connectivity index (χ4n) is 2.58. The average Bonchev–Trinajstić information content (AvgIpc) is 2.53. The Bertz CT molecular complexity index is 156. The molecular formula is C12H26N2. The summed E-state index contributed by atoms with van der Waals surface area (Å²) in [6.07, 6.45) is 6.66. The van der Waals surface area contributed by atoms with Crippen LogP contribution in [0.2, 0.25) is 0 Å². The minimum absolute atomic E-state index is 0.558. The van der Waals surface area contributed by atoms with Crippen LogP contribution in [0.15, 0.2) is 0 Å². The summed E-state index contributed by atoms with van der Waals surface area (Å²) in [4.78, 5) is 0. The van der Waals surface area contributed by atoms with E-state index < -0.39 is 0 Å². The molecule has 0 aliphatic heterocycles. The van der Waals surface area contributed by atoms with Gasteiger partial charge in [-0.05, 0) is 43.4 Å². The van der Waals surface area contributed by atoms with E-state index in [1.807, 2.05) is 0 Å². The van der Waals surface area contributed by atoms with Crippen LogP contribution in [0.1, 0.15) is 52.9 Å². The number of rotatable bonds is 5. The van der Waals surface area contributed by atoms with E-state index in [4.69, 9.17) is 5.84 Å². The molecule has 0 spiro atoms. The molecule has 0 aromatic rings. The summed E-state index contributed by atoms with van der Waals surface area (Å²) >= 11 is 0.